The summed E-state index contributed by atoms with van der Waals surface area (Å²) >= 11 is 3.29. The highest BCUT2D eigenvalue weighted by Crippen LogP contribution is 2.18. The lowest BCUT2D eigenvalue weighted by atomic mass is 10.0. The first-order valence-electron chi connectivity index (χ1n) is 5.15. The Kier molecular flexibility index (Phi) is 3.57. The highest BCUT2D eigenvalue weighted by molar-refractivity contribution is 9.09. The largest absolute Gasteiger partial charge is 0.351 e. The first kappa shape index (κ1) is 11.1. The van der Waals surface area contributed by atoms with Crippen molar-refractivity contribution in [2.24, 2.45) is 0 Å². The van der Waals surface area contributed by atoms with E-state index in [1.54, 1.807) is 0 Å². The number of alkyl halides is 1. The van der Waals surface area contributed by atoms with Crippen LogP contribution in [0, 0.1) is 0 Å². The molecule has 82 valence electrons. The number of benzene rings is 2. The Labute approximate surface area is 103 Å². The lowest BCUT2D eigenvalue weighted by molar-refractivity contribution is 0.0958. The van der Waals surface area contributed by atoms with Crippen LogP contribution in [0.5, 0.6) is 0 Å². The van der Waals surface area contributed by atoms with Crippen LogP contribution in [0.3, 0.4) is 0 Å². The van der Waals surface area contributed by atoms with Crippen LogP contribution in [0.4, 0.5) is 0 Å². The zero-order chi connectivity index (χ0) is 11.4. The van der Waals surface area contributed by atoms with Gasteiger partial charge >= 0.3 is 0 Å². The van der Waals surface area contributed by atoms with Crippen LogP contribution in [0.1, 0.15) is 10.4 Å². The average Bonchev–Trinajstić information content (AvgIpc) is 2.35. The van der Waals surface area contributed by atoms with Gasteiger partial charge in [-0.15, -0.1) is 0 Å². The van der Waals surface area contributed by atoms with Crippen LogP contribution >= 0.6 is 15.9 Å². The molecular weight excluding hydrogens is 266 g/mol. The van der Waals surface area contributed by atoms with E-state index >= 15 is 0 Å². The number of carbonyl (C=O) groups excluding carboxylic acids is 1. The third-order valence-electron chi connectivity index (χ3n) is 2.41. The molecule has 1 N–H and O–H groups in total. The lowest BCUT2D eigenvalue weighted by Crippen LogP contribution is -2.25. The molecule has 0 saturated heterocycles. The van der Waals surface area contributed by atoms with Gasteiger partial charge in [0.15, 0.2) is 0 Å². The van der Waals surface area contributed by atoms with E-state index in [1.807, 2.05) is 42.5 Å². The fourth-order valence-corrected chi connectivity index (χ4v) is 1.88. The monoisotopic (exact) mass is 277 g/mol. The second kappa shape index (κ2) is 5.12. The van der Waals surface area contributed by atoms with Crippen molar-refractivity contribution in [1.82, 2.24) is 5.32 Å². The topological polar surface area (TPSA) is 29.1 Å². The summed E-state index contributed by atoms with van der Waals surface area (Å²) in [4.78, 5) is 11.9. The summed E-state index contributed by atoms with van der Waals surface area (Å²) in [6.45, 7) is 0.641. The van der Waals surface area contributed by atoms with Crippen LogP contribution in [0.25, 0.3) is 10.8 Å². The second-order valence-electron chi connectivity index (χ2n) is 3.47. The molecule has 0 fully saturated rings. The van der Waals surface area contributed by atoms with Gasteiger partial charge in [-0.05, 0) is 16.8 Å². The summed E-state index contributed by atoms with van der Waals surface area (Å²) in [5, 5.41) is 5.71. The van der Waals surface area contributed by atoms with E-state index in [4.69, 9.17) is 0 Å². The van der Waals surface area contributed by atoms with Crippen LogP contribution in [0.2, 0.25) is 0 Å². The highest BCUT2D eigenvalue weighted by atomic mass is 79.9. The first-order chi connectivity index (χ1) is 7.83. The summed E-state index contributed by atoms with van der Waals surface area (Å²) in [5.74, 6) is -0.0174. The predicted octanol–water partition coefficient (Wildman–Crippen LogP) is 2.96. The molecule has 0 unspecified atom stereocenters. The van der Waals surface area contributed by atoms with Gasteiger partial charge < -0.3 is 5.32 Å². The number of nitrogens with one attached hydrogen (secondary N) is 1. The molecule has 0 aliphatic heterocycles. The molecule has 3 heteroatoms. The van der Waals surface area contributed by atoms with Crippen molar-refractivity contribution in [1.29, 1.82) is 0 Å². The lowest BCUT2D eigenvalue weighted by Gasteiger charge is -2.06. The van der Waals surface area contributed by atoms with Gasteiger partial charge in [-0.25, -0.2) is 0 Å². The van der Waals surface area contributed by atoms with Crippen molar-refractivity contribution in [3.05, 3.63) is 48.0 Å². The van der Waals surface area contributed by atoms with Gasteiger partial charge in [-0.3, -0.25) is 4.79 Å². The minimum Gasteiger partial charge on any atom is -0.351 e. The van der Waals surface area contributed by atoms with Gasteiger partial charge in [0.2, 0.25) is 0 Å². The molecule has 1 amide bonds. The molecule has 0 spiro atoms. The SMILES string of the molecule is O=C(NCCBr)c1cccc2ccccc12. The Bertz CT molecular complexity index is 505. The number of carbonyl (C=O) groups is 1. The van der Waals surface area contributed by atoms with Crippen molar-refractivity contribution < 1.29 is 4.79 Å². The molecule has 0 bridgehead atoms. The van der Waals surface area contributed by atoms with Crippen molar-refractivity contribution in [3.8, 4) is 0 Å². The normalized spacial score (nSPS) is 10.3. The quantitative estimate of drug-likeness (QED) is 0.859. The standard InChI is InChI=1S/C13H12BrNO/c14-8-9-15-13(16)12-7-3-5-10-4-1-2-6-11(10)12/h1-7H,8-9H2,(H,15,16). The van der Waals surface area contributed by atoms with E-state index in [0.717, 1.165) is 21.7 Å². The second-order valence-corrected chi connectivity index (χ2v) is 4.26. The molecule has 2 nitrogen and oxygen atoms in total. The summed E-state index contributed by atoms with van der Waals surface area (Å²) < 4.78 is 0. The molecule has 16 heavy (non-hydrogen) atoms. The van der Waals surface area contributed by atoms with Gasteiger partial charge in [0.25, 0.3) is 5.91 Å². The zero-order valence-corrected chi connectivity index (χ0v) is 10.3. The van der Waals surface area contributed by atoms with Crippen molar-refractivity contribution in [3.63, 3.8) is 0 Å². The third-order valence-corrected chi connectivity index (χ3v) is 2.81. The maximum Gasteiger partial charge on any atom is 0.251 e. The third kappa shape index (κ3) is 2.25. The molecular formula is C13H12BrNO. The summed E-state index contributed by atoms with van der Waals surface area (Å²) in [6, 6.07) is 13.7. The van der Waals surface area contributed by atoms with Crippen LogP contribution in [0.15, 0.2) is 42.5 Å². The molecule has 0 aliphatic carbocycles. The van der Waals surface area contributed by atoms with Crippen molar-refractivity contribution in [2.75, 3.05) is 11.9 Å². The first-order valence-corrected chi connectivity index (χ1v) is 6.27. The molecule has 2 rings (SSSR count). The van der Waals surface area contributed by atoms with Gasteiger partial charge in [0.1, 0.15) is 0 Å². The van der Waals surface area contributed by atoms with E-state index in [1.165, 1.54) is 0 Å². The Hall–Kier alpha value is -1.35. The molecule has 2 aromatic carbocycles. The van der Waals surface area contributed by atoms with E-state index in [2.05, 4.69) is 21.2 Å². The van der Waals surface area contributed by atoms with E-state index in [0.29, 0.717) is 6.54 Å². The number of amides is 1. The van der Waals surface area contributed by atoms with Gasteiger partial charge in [0.05, 0.1) is 0 Å². The van der Waals surface area contributed by atoms with E-state index in [9.17, 15) is 4.79 Å². The predicted molar refractivity (Wildman–Crippen MR) is 70.1 cm³/mol. The highest BCUT2D eigenvalue weighted by Gasteiger charge is 2.07. The van der Waals surface area contributed by atoms with Crippen molar-refractivity contribution in [2.45, 2.75) is 0 Å². The number of fused-ring (bicyclic) bond motifs is 1. The molecule has 0 atom stereocenters. The van der Waals surface area contributed by atoms with Gasteiger partial charge in [0, 0.05) is 17.4 Å². The molecule has 0 aromatic heterocycles. The Morgan fingerprint density at radius 2 is 1.88 bits per heavy atom. The van der Waals surface area contributed by atoms with E-state index < -0.39 is 0 Å². The average molecular weight is 278 g/mol. The fraction of sp³-hybridized carbons (Fsp3) is 0.154. The summed E-state index contributed by atoms with van der Waals surface area (Å²) in [5.41, 5.74) is 0.735. The Balaban J connectivity index is 2.40. The Morgan fingerprint density at radius 1 is 1.12 bits per heavy atom. The van der Waals surface area contributed by atoms with Crippen molar-refractivity contribution >= 4 is 32.6 Å². The molecule has 0 saturated carbocycles. The number of rotatable bonds is 3. The maximum absolute atomic E-state index is 11.9. The molecule has 0 aliphatic rings. The molecule has 2 aromatic rings. The summed E-state index contributed by atoms with van der Waals surface area (Å²) in [7, 11) is 0. The fourth-order valence-electron chi connectivity index (χ4n) is 1.68. The number of hydrogen-bond donors (Lipinski definition) is 1. The minimum absolute atomic E-state index is 0.0174. The minimum atomic E-state index is -0.0174. The van der Waals surface area contributed by atoms with Crippen LogP contribution < -0.4 is 5.32 Å². The van der Waals surface area contributed by atoms with Gasteiger partial charge in [-0.2, -0.15) is 0 Å². The van der Waals surface area contributed by atoms with Crippen LogP contribution in [-0.2, 0) is 0 Å². The molecule has 0 heterocycles. The van der Waals surface area contributed by atoms with Gasteiger partial charge in [-0.1, -0.05) is 52.3 Å². The summed E-state index contributed by atoms with van der Waals surface area (Å²) in [6.07, 6.45) is 0. The van der Waals surface area contributed by atoms with Crippen LogP contribution in [-0.4, -0.2) is 17.8 Å². The number of hydrogen-bond acceptors (Lipinski definition) is 1. The Morgan fingerprint density at radius 3 is 2.69 bits per heavy atom. The smallest absolute Gasteiger partial charge is 0.251 e. The maximum atomic E-state index is 11.9. The molecule has 0 radical (unpaired) electrons. The zero-order valence-electron chi connectivity index (χ0n) is 8.74. The van der Waals surface area contributed by atoms with E-state index in [-0.39, 0.29) is 5.91 Å². The number of halogens is 1.